The zero-order valence-electron chi connectivity index (χ0n) is 8.53. The summed E-state index contributed by atoms with van der Waals surface area (Å²) in [5.74, 6) is 0.730. The van der Waals surface area contributed by atoms with Gasteiger partial charge < -0.3 is 15.9 Å². The van der Waals surface area contributed by atoms with Crippen LogP contribution in [-0.4, -0.2) is 4.98 Å². The molecule has 0 saturated carbocycles. The van der Waals surface area contributed by atoms with E-state index in [2.05, 4.69) is 4.98 Å². The Bertz CT molecular complexity index is 459. The predicted octanol–water partition coefficient (Wildman–Crippen LogP) is 1.69. The Kier molecular flexibility index (Phi) is 2.43. The van der Waals surface area contributed by atoms with E-state index in [9.17, 15) is 0 Å². The van der Waals surface area contributed by atoms with E-state index in [1.165, 1.54) is 0 Å². The fourth-order valence-corrected chi connectivity index (χ4v) is 1.48. The van der Waals surface area contributed by atoms with Gasteiger partial charge in [0.2, 0.25) is 0 Å². The van der Waals surface area contributed by atoms with Crippen molar-refractivity contribution in [2.75, 3.05) is 5.73 Å². The first-order chi connectivity index (χ1) is 7.20. The molecular weight excluding hydrogens is 190 g/mol. The summed E-state index contributed by atoms with van der Waals surface area (Å²) >= 11 is 0. The average Bonchev–Trinajstić information content (AvgIpc) is 2.58. The van der Waals surface area contributed by atoms with Crippen LogP contribution in [0.1, 0.15) is 11.3 Å². The molecule has 4 heteroatoms. The lowest BCUT2D eigenvalue weighted by atomic mass is 10.1. The molecule has 0 aliphatic carbocycles. The number of benzene rings is 1. The van der Waals surface area contributed by atoms with Gasteiger partial charge in [0.1, 0.15) is 11.5 Å². The summed E-state index contributed by atoms with van der Waals surface area (Å²) < 4.78 is 5.17. The second kappa shape index (κ2) is 3.74. The lowest BCUT2D eigenvalue weighted by Gasteiger charge is -1.99. The Morgan fingerprint density at radius 3 is 2.40 bits per heavy atom. The molecule has 0 bridgehead atoms. The van der Waals surface area contributed by atoms with E-state index in [-0.39, 0.29) is 6.01 Å². The number of nitrogens with two attached hydrogens (primary N) is 2. The molecule has 15 heavy (non-hydrogen) atoms. The number of nitrogens with zero attached hydrogens (tertiary/aromatic N) is 1. The second-order valence-electron chi connectivity index (χ2n) is 3.36. The van der Waals surface area contributed by atoms with Crippen molar-refractivity contribution in [2.45, 2.75) is 13.5 Å². The number of oxazole rings is 1. The predicted molar refractivity (Wildman–Crippen MR) is 59.0 cm³/mol. The number of anilines is 1. The minimum Gasteiger partial charge on any atom is -0.429 e. The molecule has 2 aromatic rings. The van der Waals surface area contributed by atoms with Crippen molar-refractivity contribution in [2.24, 2.45) is 5.73 Å². The Morgan fingerprint density at radius 2 is 1.93 bits per heavy atom. The number of aromatic nitrogens is 1. The molecule has 1 aromatic heterocycles. The molecule has 4 nitrogen and oxygen atoms in total. The topological polar surface area (TPSA) is 78.1 Å². The van der Waals surface area contributed by atoms with Crippen LogP contribution in [0, 0.1) is 6.92 Å². The van der Waals surface area contributed by atoms with Gasteiger partial charge in [-0.25, -0.2) is 0 Å². The maximum Gasteiger partial charge on any atom is 0.292 e. The molecule has 0 spiro atoms. The highest BCUT2D eigenvalue weighted by Crippen LogP contribution is 2.24. The summed E-state index contributed by atoms with van der Waals surface area (Å²) in [6.45, 7) is 2.38. The molecular formula is C11H13N3O. The lowest BCUT2D eigenvalue weighted by Crippen LogP contribution is -1.95. The zero-order valence-corrected chi connectivity index (χ0v) is 8.53. The molecule has 0 aliphatic rings. The fraction of sp³-hybridized carbons (Fsp3) is 0.182. The van der Waals surface area contributed by atoms with Crippen molar-refractivity contribution in [3.05, 3.63) is 35.6 Å². The van der Waals surface area contributed by atoms with Crippen LogP contribution < -0.4 is 11.5 Å². The van der Waals surface area contributed by atoms with Crippen LogP contribution in [0.4, 0.5) is 6.01 Å². The first-order valence-corrected chi connectivity index (χ1v) is 4.73. The van der Waals surface area contributed by atoms with Crippen LogP contribution in [0.5, 0.6) is 0 Å². The van der Waals surface area contributed by atoms with Crippen molar-refractivity contribution >= 4 is 6.01 Å². The molecule has 4 N–H and O–H groups in total. The van der Waals surface area contributed by atoms with Crippen LogP contribution in [0.2, 0.25) is 0 Å². The standard InChI is InChI=1S/C11H13N3O/c1-7-10(14-11(13)15-7)9-4-2-8(6-12)3-5-9/h2-5H,6,12H2,1H3,(H2,13,14). The molecule has 0 unspecified atom stereocenters. The van der Waals surface area contributed by atoms with Crippen LogP contribution in [-0.2, 0) is 6.54 Å². The SMILES string of the molecule is Cc1oc(N)nc1-c1ccc(CN)cc1. The summed E-state index contributed by atoms with van der Waals surface area (Å²) in [7, 11) is 0. The van der Waals surface area contributed by atoms with E-state index in [0.717, 1.165) is 22.6 Å². The third-order valence-electron chi connectivity index (χ3n) is 2.28. The van der Waals surface area contributed by atoms with E-state index >= 15 is 0 Å². The molecule has 0 amide bonds. The Hall–Kier alpha value is -1.81. The normalized spacial score (nSPS) is 10.5. The van der Waals surface area contributed by atoms with Gasteiger partial charge in [-0.15, -0.1) is 0 Å². The zero-order chi connectivity index (χ0) is 10.8. The highest BCUT2D eigenvalue weighted by molar-refractivity contribution is 5.62. The molecule has 0 aliphatic heterocycles. The van der Waals surface area contributed by atoms with Gasteiger partial charge in [0.15, 0.2) is 0 Å². The average molecular weight is 203 g/mol. The van der Waals surface area contributed by atoms with Gasteiger partial charge in [-0.3, -0.25) is 0 Å². The van der Waals surface area contributed by atoms with Crippen LogP contribution in [0.3, 0.4) is 0 Å². The van der Waals surface area contributed by atoms with E-state index in [1.54, 1.807) is 0 Å². The molecule has 0 radical (unpaired) electrons. The minimum absolute atomic E-state index is 0.199. The quantitative estimate of drug-likeness (QED) is 0.778. The highest BCUT2D eigenvalue weighted by atomic mass is 16.4. The van der Waals surface area contributed by atoms with Gasteiger partial charge in [0.25, 0.3) is 6.01 Å². The Morgan fingerprint density at radius 1 is 1.27 bits per heavy atom. The third-order valence-corrected chi connectivity index (χ3v) is 2.28. The van der Waals surface area contributed by atoms with E-state index in [1.807, 2.05) is 31.2 Å². The number of rotatable bonds is 2. The van der Waals surface area contributed by atoms with Crippen molar-refractivity contribution in [1.82, 2.24) is 4.98 Å². The van der Waals surface area contributed by atoms with Crippen molar-refractivity contribution < 1.29 is 4.42 Å². The van der Waals surface area contributed by atoms with Gasteiger partial charge in [-0.05, 0) is 12.5 Å². The van der Waals surface area contributed by atoms with Crippen molar-refractivity contribution in [3.8, 4) is 11.3 Å². The Balaban J connectivity index is 2.41. The fourth-order valence-electron chi connectivity index (χ4n) is 1.48. The van der Waals surface area contributed by atoms with E-state index < -0.39 is 0 Å². The molecule has 1 heterocycles. The summed E-state index contributed by atoms with van der Waals surface area (Å²) in [6, 6.07) is 8.07. The largest absolute Gasteiger partial charge is 0.429 e. The molecule has 2 rings (SSSR count). The summed E-state index contributed by atoms with van der Waals surface area (Å²) in [5, 5.41) is 0. The molecule has 0 fully saturated rings. The smallest absolute Gasteiger partial charge is 0.292 e. The number of hydrogen-bond donors (Lipinski definition) is 2. The van der Waals surface area contributed by atoms with Crippen molar-refractivity contribution in [1.29, 1.82) is 0 Å². The third kappa shape index (κ3) is 1.85. The summed E-state index contributed by atoms with van der Waals surface area (Å²) in [4.78, 5) is 4.12. The van der Waals surface area contributed by atoms with E-state index in [4.69, 9.17) is 15.9 Å². The van der Waals surface area contributed by atoms with E-state index in [0.29, 0.717) is 6.54 Å². The number of aryl methyl sites for hydroxylation is 1. The van der Waals surface area contributed by atoms with Crippen molar-refractivity contribution in [3.63, 3.8) is 0 Å². The monoisotopic (exact) mass is 203 g/mol. The Labute approximate surface area is 87.9 Å². The molecule has 0 atom stereocenters. The van der Waals surface area contributed by atoms with Gasteiger partial charge in [-0.1, -0.05) is 24.3 Å². The van der Waals surface area contributed by atoms with Gasteiger partial charge in [-0.2, -0.15) is 4.98 Å². The van der Waals surface area contributed by atoms with Crippen LogP contribution in [0.25, 0.3) is 11.3 Å². The molecule has 0 saturated heterocycles. The minimum atomic E-state index is 0.199. The van der Waals surface area contributed by atoms with Gasteiger partial charge in [0, 0.05) is 12.1 Å². The maximum atomic E-state index is 5.52. The summed E-state index contributed by atoms with van der Waals surface area (Å²) in [6.07, 6.45) is 0. The first-order valence-electron chi connectivity index (χ1n) is 4.73. The van der Waals surface area contributed by atoms with Crippen LogP contribution >= 0.6 is 0 Å². The number of nitrogen functional groups attached to an aromatic ring is 1. The van der Waals surface area contributed by atoms with Gasteiger partial charge in [0.05, 0.1) is 0 Å². The highest BCUT2D eigenvalue weighted by Gasteiger charge is 2.08. The lowest BCUT2D eigenvalue weighted by molar-refractivity contribution is 0.549. The second-order valence-corrected chi connectivity index (χ2v) is 3.36. The first kappa shape index (κ1) is 9.73. The summed E-state index contributed by atoms with van der Waals surface area (Å²) in [5.41, 5.74) is 13.9. The number of hydrogen-bond acceptors (Lipinski definition) is 4. The molecule has 78 valence electrons. The maximum absolute atomic E-state index is 5.52. The molecule has 1 aromatic carbocycles. The van der Waals surface area contributed by atoms with Gasteiger partial charge >= 0.3 is 0 Å². The van der Waals surface area contributed by atoms with Crippen LogP contribution in [0.15, 0.2) is 28.7 Å².